The van der Waals surface area contributed by atoms with Crippen molar-refractivity contribution in [2.24, 2.45) is 0 Å². The van der Waals surface area contributed by atoms with E-state index in [1.165, 1.54) is 0 Å². The second-order valence-corrected chi connectivity index (χ2v) is 4.82. The van der Waals surface area contributed by atoms with Crippen molar-refractivity contribution >= 4 is 0 Å². The summed E-state index contributed by atoms with van der Waals surface area (Å²) in [5.41, 5.74) is 2.17. The molecular weight excluding hydrogens is 240 g/mol. The van der Waals surface area contributed by atoms with Crippen molar-refractivity contribution in [1.82, 2.24) is 0 Å². The summed E-state index contributed by atoms with van der Waals surface area (Å²) in [6, 6.07) is 13.2. The Morgan fingerprint density at radius 1 is 1.11 bits per heavy atom. The van der Waals surface area contributed by atoms with Gasteiger partial charge in [-0.1, -0.05) is 19.1 Å². The van der Waals surface area contributed by atoms with Crippen LogP contribution in [0, 0.1) is 0 Å². The lowest BCUT2D eigenvalue weighted by Crippen LogP contribution is -2.06. The predicted octanol–water partition coefficient (Wildman–Crippen LogP) is 3.64. The van der Waals surface area contributed by atoms with Crippen LogP contribution in [-0.2, 0) is 0 Å². The molecule has 0 radical (unpaired) electrons. The number of rotatable bonds is 2. The highest BCUT2D eigenvalue weighted by Crippen LogP contribution is 2.46. The van der Waals surface area contributed by atoms with E-state index in [9.17, 15) is 5.11 Å². The number of ether oxygens (including phenoxy) is 2. The minimum atomic E-state index is -0.0114. The SMILES string of the molecule is COc1ccc([C@H]2Oc3ccc(O)cc3[C@@H]2C)cc1. The zero-order valence-corrected chi connectivity index (χ0v) is 11.0. The summed E-state index contributed by atoms with van der Waals surface area (Å²) in [7, 11) is 1.66. The van der Waals surface area contributed by atoms with Gasteiger partial charge in [0.2, 0.25) is 0 Å². The van der Waals surface area contributed by atoms with Gasteiger partial charge in [-0.05, 0) is 35.9 Å². The predicted molar refractivity (Wildman–Crippen MR) is 72.9 cm³/mol. The Balaban J connectivity index is 1.92. The van der Waals surface area contributed by atoms with Crippen LogP contribution in [0.2, 0.25) is 0 Å². The minimum absolute atomic E-state index is 0.0114. The number of methoxy groups -OCH3 is 1. The molecule has 3 nitrogen and oxygen atoms in total. The van der Waals surface area contributed by atoms with Crippen LogP contribution >= 0.6 is 0 Å². The minimum Gasteiger partial charge on any atom is -0.508 e. The Morgan fingerprint density at radius 2 is 1.84 bits per heavy atom. The smallest absolute Gasteiger partial charge is 0.130 e. The van der Waals surface area contributed by atoms with Gasteiger partial charge in [-0.3, -0.25) is 0 Å². The maximum Gasteiger partial charge on any atom is 0.130 e. The molecule has 0 aliphatic carbocycles. The topological polar surface area (TPSA) is 38.7 Å². The van der Waals surface area contributed by atoms with Crippen LogP contribution in [0.25, 0.3) is 0 Å². The number of benzene rings is 2. The lowest BCUT2D eigenvalue weighted by Gasteiger charge is -2.16. The Morgan fingerprint density at radius 3 is 2.53 bits per heavy atom. The molecule has 0 unspecified atom stereocenters. The summed E-state index contributed by atoms with van der Waals surface area (Å²) in [6.07, 6.45) is -0.0114. The van der Waals surface area contributed by atoms with Crippen molar-refractivity contribution in [2.45, 2.75) is 18.9 Å². The van der Waals surface area contributed by atoms with E-state index in [1.54, 1.807) is 19.2 Å². The van der Waals surface area contributed by atoms with Crippen molar-refractivity contribution in [3.05, 3.63) is 53.6 Å². The molecule has 1 N–H and O–H groups in total. The van der Waals surface area contributed by atoms with Crippen molar-refractivity contribution in [3.63, 3.8) is 0 Å². The molecule has 0 aromatic heterocycles. The number of phenols is 1. The van der Waals surface area contributed by atoms with Crippen LogP contribution < -0.4 is 9.47 Å². The van der Waals surface area contributed by atoms with E-state index in [1.807, 2.05) is 30.3 Å². The fourth-order valence-electron chi connectivity index (χ4n) is 2.55. The molecule has 2 aromatic rings. The van der Waals surface area contributed by atoms with Crippen molar-refractivity contribution in [2.75, 3.05) is 7.11 Å². The van der Waals surface area contributed by atoms with E-state index >= 15 is 0 Å². The van der Waals surface area contributed by atoms with Gasteiger partial charge < -0.3 is 14.6 Å². The number of hydrogen-bond donors (Lipinski definition) is 1. The molecule has 1 aliphatic rings. The van der Waals surface area contributed by atoms with Gasteiger partial charge in [0.05, 0.1) is 7.11 Å². The van der Waals surface area contributed by atoms with Crippen LogP contribution in [0.15, 0.2) is 42.5 Å². The Bertz CT molecular complexity index is 589. The Kier molecular flexibility index (Phi) is 2.82. The highest BCUT2D eigenvalue weighted by Gasteiger charge is 2.32. The number of phenolic OH excluding ortho intramolecular Hbond substituents is 1. The first-order valence-corrected chi connectivity index (χ1v) is 6.32. The maximum absolute atomic E-state index is 9.57. The number of aromatic hydroxyl groups is 1. The molecular formula is C16H16O3. The zero-order chi connectivity index (χ0) is 13.4. The summed E-state index contributed by atoms with van der Waals surface area (Å²) >= 11 is 0. The van der Waals surface area contributed by atoms with Gasteiger partial charge in [0.25, 0.3) is 0 Å². The molecule has 3 rings (SSSR count). The number of fused-ring (bicyclic) bond motifs is 1. The third-order valence-electron chi connectivity index (χ3n) is 3.64. The van der Waals surface area contributed by atoms with Crippen LogP contribution in [0.5, 0.6) is 17.2 Å². The van der Waals surface area contributed by atoms with E-state index in [-0.39, 0.29) is 17.8 Å². The first kappa shape index (κ1) is 11.9. The van der Waals surface area contributed by atoms with E-state index in [0.29, 0.717) is 0 Å². The standard InChI is InChI=1S/C16H16O3/c1-10-14-9-12(17)5-8-15(14)19-16(10)11-3-6-13(18-2)7-4-11/h3-10,16-17H,1-2H3/t10-,16-/m0/s1. The normalized spacial score (nSPS) is 20.7. The third-order valence-corrected chi connectivity index (χ3v) is 3.64. The van der Waals surface area contributed by atoms with Gasteiger partial charge in [0.1, 0.15) is 23.4 Å². The Labute approximate surface area is 112 Å². The lowest BCUT2D eigenvalue weighted by molar-refractivity contribution is 0.216. The van der Waals surface area contributed by atoms with Gasteiger partial charge in [-0.25, -0.2) is 0 Å². The molecule has 0 saturated carbocycles. The molecule has 2 aromatic carbocycles. The molecule has 1 aliphatic heterocycles. The zero-order valence-electron chi connectivity index (χ0n) is 11.0. The van der Waals surface area contributed by atoms with Crippen LogP contribution in [0.3, 0.4) is 0 Å². The molecule has 98 valence electrons. The second kappa shape index (κ2) is 4.50. The van der Waals surface area contributed by atoms with Crippen LogP contribution in [0.4, 0.5) is 0 Å². The fourth-order valence-corrected chi connectivity index (χ4v) is 2.55. The van der Waals surface area contributed by atoms with Crippen molar-refractivity contribution in [1.29, 1.82) is 0 Å². The van der Waals surface area contributed by atoms with Gasteiger partial charge in [0.15, 0.2) is 0 Å². The van der Waals surface area contributed by atoms with Gasteiger partial charge in [-0.2, -0.15) is 0 Å². The van der Waals surface area contributed by atoms with Crippen LogP contribution in [0.1, 0.15) is 30.1 Å². The van der Waals surface area contributed by atoms with Gasteiger partial charge in [-0.15, -0.1) is 0 Å². The Hall–Kier alpha value is -2.16. The summed E-state index contributed by atoms with van der Waals surface area (Å²) in [6.45, 7) is 2.11. The highest BCUT2D eigenvalue weighted by molar-refractivity contribution is 5.47. The molecule has 19 heavy (non-hydrogen) atoms. The van der Waals surface area contributed by atoms with Crippen molar-refractivity contribution in [3.8, 4) is 17.2 Å². The molecule has 0 saturated heterocycles. The third kappa shape index (κ3) is 2.01. The molecule has 0 amide bonds. The van der Waals surface area contributed by atoms with Gasteiger partial charge in [0, 0.05) is 11.5 Å². The van der Waals surface area contributed by atoms with E-state index < -0.39 is 0 Å². The maximum atomic E-state index is 9.57. The molecule has 0 bridgehead atoms. The van der Waals surface area contributed by atoms with E-state index in [2.05, 4.69) is 6.92 Å². The highest BCUT2D eigenvalue weighted by atomic mass is 16.5. The summed E-state index contributed by atoms with van der Waals surface area (Å²) in [5.74, 6) is 2.19. The molecule has 2 atom stereocenters. The van der Waals surface area contributed by atoms with E-state index in [4.69, 9.17) is 9.47 Å². The summed E-state index contributed by atoms with van der Waals surface area (Å²) in [5, 5.41) is 9.57. The molecule has 1 heterocycles. The molecule has 0 spiro atoms. The second-order valence-electron chi connectivity index (χ2n) is 4.82. The van der Waals surface area contributed by atoms with E-state index in [0.717, 1.165) is 22.6 Å². The molecule has 3 heteroatoms. The quantitative estimate of drug-likeness (QED) is 0.891. The lowest BCUT2D eigenvalue weighted by atomic mass is 9.93. The average Bonchev–Trinajstić information content (AvgIpc) is 2.76. The fraction of sp³-hybridized carbons (Fsp3) is 0.250. The first-order valence-electron chi connectivity index (χ1n) is 6.32. The van der Waals surface area contributed by atoms with Gasteiger partial charge >= 0.3 is 0 Å². The average molecular weight is 256 g/mol. The monoisotopic (exact) mass is 256 g/mol. The summed E-state index contributed by atoms with van der Waals surface area (Å²) in [4.78, 5) is 0. The largest absolute Gasteiger partial charge is 0.508 e. The van der Waals surface area contributed by atoms with Crippen LogP contribution in [-0.4, -0.2) is 12.2 Å². The summed E-state index contributed by atoms with van der Waals surface area (Å²) < 4.78 is 11.1. The van der Waals surface area contributed by atoms with Crippen molar-refractivity contribution < 1.29 is 14.6 Å². The number of hydrogen-bond acceptors (Lipinski definition) is 3. The first-order chi connectivity index (χ1) is 9.19. The molecule has 0 fully saturated rings.